The van der Waals surface area contributed by atoms with Crippen LogP contribution >= 0.6 is 11.6 Å². The number of rotatable bonds is 5. The molecule has 1 atom stereocenters. The molecule has 0 radical (unpaired) electrons. The van der Waals surface area contributed by atoms with Crippen LogP contribution in [0.25, 0.3) is 0 Å². The second-order valence-corrected chi connectivity index (χ2v) is 7.23. The predicted octanol–water partition coefficient (Wildman–Crippen LogP) is 3.31. The Labute approximate surface area is 161 Å². The monoisotopic (exact) mass is 389 g/mol. The number of hydroxylamine groups is 1. The molecule has 0 saturated carbocycles. The number of hydrogen-bond acceptors (Lipinski definition) is 4. The lowest BCUT2D eigenvalue weighted by Gasteiger charge is -2.33. The van der Waals surface area contributed by atoms with E-state index in [4.69, 9.17) is 21.5 Å². The normalized spacial score (nSPS) is 18.1. The van der Waals surface area contributed by atoms with Crippen molar-refractivity contribution in [1.82, 2.24) is 15.7 Å². The van der Waals surface area contributed by atoms with Crippen LogP contribution in [0.5, 0.6) is 11.5 Å². The van der Waals surface area contributed by atoms with E-state index in [1.54, 1.807) is 48.5 Å². The van der Waals surface area contributed by atoms with E-state index in [9.17, 15) is 9.59 Å². The van der Waals surface area contributed by atoms with E-state index >= 15 is 0 Å². The zero-order chi connectivity index (χ0) is 19.6. The van der Waals surface area contributed by atoms with Gasteiger partial charge >= 0.3 is 6.03 Å². The van der Waals surface area contributed by atoms with Crippen molar-refractivity contribution in [3.05, 3.63) is 59.1 Å². The molecule has 2 aromatic rings. The first-order valence-corrected chi connectivity index (χ1v) is 8.73. The highest BCUT2D eigenvalue weighted by molar-refractivity contribution is 6.30. The molecule has 142 valence electrons. The number of halogens is 1. The molecule has 1 aliphatic rings. The number of hydrogen-bond donors (Lipinski definition) is 3. The lowest BCUT2D eigenvalue weighted by Crippen LogP contribution is -2.53. The van der Waals surface area contributed by atoms with Crippen molar-refractivity contribution in [3.63, 3.8) is 0 Å². The molecule has 3 N–H and O–H groups in total. The Morgan fingerprint density at radius 2 is 1.74 bits per heavy atom. The van der Waals surface area contributed by atoms with Gasteiger partial charge in [0.1, 0.15) is 17.5 Å². The summed E-state index contributed by atoms with van der Waals surface area (Å²) in [6, 6.07) is 13.2. The molecule has 8 heteroatoms. The van der Waals surface area contributed by atoms with Gasteiger partial charge in [-0.15, -0.1) is 0 Å². The van der Waals surface area contributed by atoms with Gasteiger partial charge in [-0.05, 0) is 55.8 Å². The van der Waals surface area contributed by atoms with Gasteiger partial charge in [-0.3, -0.25) is 10.0 Å². The number of benzene rings is 2. The highest BCUT2D eigenvalue weighted by Crippen LogP contribution is 2.29. The fraction of sp³-hybridized carbons (Fsp3) is 0.263. The first kappa shape index (κ1) is 19.0. The van der Waals surface area contributed by atoms with Crippen LogP contribution in [0, 0.1) is 0 Å². The zero-order valence-electron chi connectivity index (χ0n) is 14.9. The number of nitrogens with zero attached hydrogens (tertiary/aromatic N) is 1. The van der Waals surface area contributed by atoms with Crippen molar-refractivity contribution in [1.29, 1.82) is 0 Å². The summed E-state index contributed by atoms with van der Waals surface area (Å²) >= 11 is 5.86. The van der Waals surface area contributed by atoms with Crippen LogP contribution in [-0.2, 0) is 11.3 Å². The van der Waals surface area contributed by atoms with E-state index in [1.165, 1.54) is 0 Å². The third kappa shape index (κ3) is 3.99. The summed E-state index contributed by atoms with van der Waals surface area (Å²) < 4.78 is 5.75. The van der Waals surface area contributed by atoms with Crippen molar-refractivity contribution < 1.29 is 19.5 Å². The average molecular weight is 390 g/mol. The molecule has 2 aromatic carbocycles. The zero-order valence-corrected chi connectivity index (χ0v) is 15.7. The molecule has 3 rings (SSSR count). The van der Waals surface area contributed by atoms with Crippen molar-refractivity contribution >= 4 is 23.5 Å². The van der Waals surface area contributed by atoms with E-state index in [0.29, 0.717) is 23.1 Å². The van der Waals surface area contributed by atoms with Crippen LogP contribution in [0.4, 0.5) is 4.79 Å². The first-order valence-electron chi connectivity index (χ1n) is 8.35. The Morgan fingerprint density at radius 3 is 2.30 bits per heavy atom. The molecule has 7 nitrogen and oxygen atoms in total. The molecule has 27 heavy (non-hydrogen) atoms. The van der Waals surface area contributed by atoms with Crippen molar-refractivity contribution in [2.45, 2.75) is 32.0 Å². The molecule has 1 aliphatic heterocycles. The molecule has 0 aromatic heterocycles. The Balaban J connectivity index is 1.70. The van der Waals surface area contributed by atoms with E-state index in [2.05, 4.69) is 5.32 Å². The first-order chi connectivity index (χ1) is 12.8. The van der Waals surface area contributed by atoms with E-state index in [-0.39, 0.29) is 6.03 Å². The second kappa shape index (κ2) is 7.46. The minimum Gasteiger partial charge on any atom is -0.457 e. The molecule has 0 bridgehead atoms. The molecule has 1 heterocycles. The number of urea groups is 1. The summed E-state index contributed by atoms with van der Waals surface area (Å²) in [6.45, 7) is 3.85. The van der Waals surface area contributed by atoms with Gasteiger partial charge < -0.3 is 15.0 Å². The van der Waals surface area contributed by atoms with Crippen LogP contribution in [-0.4, -0.2) is 33.6 Å². The third-order valence-corrected chi connectivity index (χ3v) is 4.85. The molecule has 1 fully saturated rings. The standard InChI is InChI=1S/C19H20ClN3O4/c1-19(2)16(17(24)22-26)21-18(25)23(19)11-12-3-7-14(8-4-12)27-15-9-5-13(20)6-10-15/h3-10,16,26H,11H2,1-2H3,(H,21,25)(H,22,24)/t16-/m0/s1. The largest absolute Gasteiger partial charge is 0.457 e. The quantitative estimate of drug-likeness (QED) is 0.540. The topological polar surface area (TPSA) is 90.9 Å². The van der Waals surface area contributed by atoms with Crippen LogP contribution in [0.1, 0.15) is 19.4 Å². The SMILES string of the molecule is CC1(C)[C@H](C(=O)NO)NC(=O)N1Cc1ccc(Oc2ccc(Cl)cc2)cc1. The van der Waals surface area contributed by atoms with Gasteiger partial charge in [0.15, 0.2) is 0 Å². The fourth-order valence-electron chi connectivity index (χ4n) is 3.01. The van der Waals surface area contributed by atoms with Gasteiger partial charge in [0.2, 0.25) is 0 Å². The molecular formula is C19H20ClN3O4. The molecule has 0 spiro atoms. The minimum atomic E-state index is -0.845. The number of nitrogens with one attached hydrogen (secondary N) is 2. The van der Waals surface area contributed by atoms with Crippen LogP contribution in [0.2, 0.25) is 5.02 Å². The van der Waals surface area contributed by atoms with Gasteiger partial charge in [-0.25, -0.2) is 10.3 Å². The maximum Gasteiger partial charge on any atom is 0.318 e. The maximum absolute atomic E-state index is 12.3. The summed E-state index contributed by atoms with van der Waals surface area (Å²) in [7, 11) is 0. The van der Waals surface area contributed by atoms with Gasteiger partial charge in [0.05, 0.1) is 5.54 Å². The summed E-state index contributed by atoms with van der Waals surface area (Å²) in [5, 5.41) is 12.1. The van der Waals surface area contributed by atoms with E-state index in [1.807, 2.05) is 24.3 Å². The second-order valence-electron chi connectivity index (χ2n) is 6.80. The number of amides is 3. The van der Waals surface area contributed by atoms with E-state index in [0.717, 1.165) is 5.56 Å². The lowest BCUT2D eigenvalue weighted by atomic mass is 9.94. The Kier molecular flexibility index (Phi) is 5.25. The summed E-state index contributed by atoms with van der Waals surface area (Å²) in [6.07, 6.45) is 0. The van der Waals surface area contributed by atoms with Gasteiger partial charge in [-0.2, -0.15) is 0 Å². The maximum atomic E-state index is 12.3. The molecule has 0 unspecified atom stereocenters. The lowest BCUT2D eigenvalue weighted by molar-refractivity contribution is -0.132. The smallest absolute Gasteiger partial charge is 0.318 e. The highest BCUT2D eigenvalue weighted by Gasteiger charge is 2.49. The molecule has 1 saturated heterocycles. The summed E-state index contributed by atoms with van der Waals surface area (Å²) in [5.74, 6) is 0.677. The summed E-state index contributed by atoms with van der Waals surface area (Å²) in [4.78, 5) is 25.6. The average Bonchev–Trinajstić information content (AvgIpc) is 2.87. The third-order valence-electron chi connectivity index (χ3n) is 4.60. The number of carbonyl (C=O) groups excluding carboxylic acids is 2. The molecule has 0 aliphatic carbocycles. The highest BCUT2D eigenvalue weighted by atomic mass is 35.5. The summed E-state index contributed by atoms with van der Waals surface area (Å²) in [5.41, 5.74) is 1.67. The van der Waals surface area contributed by atoms with Gasteiger partial charge in [-0.1, -0.05) is 23.7 Å². The molecular weight excluding hydrogens is 370 g/mol. The Morgan fingerprint density at radius 1 is 1.19 bits per heavy atom. The minimum absolute atomic E-state index is 0.315. The van der Waals surface area contributed by atoms with Gasteiger partial charge in [0.25, 0.3) is 5.91 Å². The molecule has 3 amide bonds. The van der Waals surface area contributed by atoms with Crippen molar-refractivity contribution in [2.24, 2.45) is 0 Å². The predicted molar refractivity (Wildman–Crippen MR) is 99.8 cm³/mol. The van der Waals surface area contributed by atoms with Crippen LogP contribution in [0.15, 0.2) is 48.5 Å². The van der Waals surface area contributed by atoms with Crippen LogP contribution in [0.3, 0.4) is 0 Å². The Hall–Kier alpha value is -2.77. The number of carbonyl (C=O) groups is 2. The van der Waals surface area contributed by atoms with E-state index < -0.39 is 17.5 Å². The fourth-order valence-corrected chi connectivity index (χ4v) is 3.13. The van der Waals surface area contributed by atoms with Crippen molar-refractivity contribution in [3.8, 4) is 11.5 Å². The van der Waals surface area contributed by atoms with Crippen LogP contribution < -0.4 is 15.5 Å². The Bertz CT molecular complexity index is 837. The van der Waals surface area contributed by atoms with Gasteiger partial charge in [0, 0.05) is 11.6 Å². The number of ether oxygens (including phenoxy) is 1. The van der Waals surface area contributed by atoms with Crippen molar-refractivity contribution in [2.75, 3.05) is 0 Å².